The van der Waals surface area contributed by atoms with E-state index >= 15 is 0 Å². The van der Waals surface area contributed by atoms with E-state index in [1.165, 1.54) is 0 Å². The number of imidazole rings is 1. The van der Waals surface area contributed by atoms with Crippen LogP contribution in [0.5, 0.6) is 5.75 Å². The zero-order chi connectivity index (χ0) is 20.1. The number of thioether (sulfide) groups is 1. The van der Waals surface area contributed by atoms with Gasteiger partial charge in [-0.05, 0) is 43.0 Å². The van der Waals surface area contributed by atoms with Gasteiger partial charge in [-0.25, -0.2) is 4.98 Å². The summed E-state index contributed by atoms with van der Waals surface area (Å²) >= 11 is 1.64. The van der Waals surface area contributed by atoms with Gasteiger partial charge in [0.2, 0.25) is 5.91 Å². The Bertz CT molecular complexity index is 949. The van der Waals surface area contributed by atoms with Gasteiger partial charge in [0.25, 0.3) is 0 Å². The molecule has 4 rings (SSSR count). The molecule has 0 saturated carbocycles. The number of rotatable bonds is 7. The van der Waals surface area contributed by atoms with E-state index in [4.69, 9.17) is 9.72 Å². The van der Waals surface area contributed by atoms with Gasteiger partial charge in [0.1, 0.15) is 12.3 Å². The van der Waals surface area contributed by atoms with Crippen molar-refractivity contribution in [2.24, 2.45) is 5.92 Å². The molecule has 1 saturated heterocycles. The predicted octanol–water partition coefficient (Wildman–Crippen LogP) is 4.47. The Balaban J connectivity index is 1.43. The van der Waals surface area contributed by atoms with Crippen LogP contribution < -0.4 is 4.74 Å². The minimum Gasteiger partial charge on any atom is -0.493 e. The second-order valence-corrected chi connectivity index (χ2v) is 8.60. The number of fused-ring (bicyclic) bond motifs is 1. The third-order valence-corrected chi connectivity index (χ3v) is 6.32. The molecule has 0 atom stereocenters. The highest BCUT2D eigenvalue weighted by Gasteiger charge is 2.22. The van der Waals surface area contributed by atoms with Gasteiger partial charge < -0.3 is 14.2 Å². The van der Waals surface area contributed by atoms with Crippen LogP contribution in [0.3, 0.4) is 0 Å². The summed E-state index contributed by atoms with van der Waals surface area (Å²) in [5.41, 5.74) is 1.94. The lowest BCUT2D eigenvalue weighted by atomic mass is 9.99. The van der Waals surface area contributed by atoms with Crippen LogP contribution in [0.4, 0.5) is 0 Å². The van der Waals surface area contributed by atoms with Crippen molar-refractivity contribution in [2.75, 3.05) is 25.4 Å². The van der Waals surface area contributed by atoms with E-state index in [0.29, 0.717) is 19.1 Å². The Kier molecular flexibility index (Phi) is 6.39. The van der Waals surface area contributed by atoms with Crippen molar-refractivity contribution in [2.45, 2.75) is 31.5 Å². The van der Waals surface area contributed by atoms with Crippen molar-refractivity contribution < 1.29 is 9.53 Å². The molecule has 1 amide bonds. The second-order valence-electron chi connectivity index (χ2n) is 7.54. The van der Waals surface area contributed by atoms with E-state index in [9.17, 15) is 4.79 Å². The van der Waals surface area contributed by atoms with Crippen LogP contribution in [-0.2, 0) is 11.3 Å². The van der Waals surface area contributed by atoms with E-state index in [0.717, 1.165) is 53.6 Å². The molecular weight excluding hydrogens is 382 g/mol. The molecule has 0 radical (unpaired) electrons. The number of carbonyl (C=O) groups is 1. The number of nitrogens with zero attached hydrogens (tertiary/aromatic N) is 3. The smallest absolute Gasteiger partial charge is 0.242 e. The van der Waals surface area contributed by atoms with Crippen LogP contribution in [0.1, 0.15) is 19.8 Å². The number of ether oxygens (including phenoxy) is 1. The van der Waals surface area contributed by atoms with Crippen molar-refractivity contribution in [1.29, 1.82) is 0 Å². The van der Waals surface area contributed by atoms with Gasteiger partial charge in [-0.3, -0.25) is 4.79 Å². The van der Waals surface area contributed by atoms with E-state index in [-0.39, 0.29) is 5.91 Å². The number of carbonyl (C=O) groups excluding carboxylic acids is 1. The van der Waals surface area contributed by atoms with Crippen LogP contribution in [0.2, 0.25) is 0 Å². The third-order valence-electron chi connectivity index (χ3n) is 5.38. The number of piperidine rings is 1. The molecule has 2 aromatic carbocycles. The first-order valence-corrected chi connectivity index (χ1v) is 11.2. The van der Waals surface area contributed by atoms with Crippen LogP contribution in [0, 0.1) is 5.92 Å². The molecule has 0 N–H and O–H groups in total. The summed E-state index contributed by atoms with van der Waals surface area (Å²) in [6.07, 6.45) is 2.18. The van der Waals surface area contributed by atoms with E-state index in [2.05, 4.69) is 11.5 Å². The molecule has 3 aromatic rings. The second kappa shape index (κ2) is 9.35. The van der Waals surface area contributed by atoms with Crippen LogP contribution >= 0.6 is 11.8 Å². The van der Waals surface area contributed by atoms with Crippen LogP contribution in [0.15, 0.2) is 59.8 Å². The largest absolute Gasteiger partial charge is 0.493 e. The molecule has 152 valence electrons. The highest BCUT2D eigenvalue weighted by molar-refractivity contribution is 7.99. The quantitative estimate of drug-likeness (QED) is 0.427. The Labute approximate surface area is 176 Å². The number of amides is 1. The summed E-state index contributed by atoms with van der Waals surface area (Å²) < 4.78 is 7.85. The maximum absolute atomic E-state index is 12.9. The molecule has 1 aliphatic rings. The van der Waals surface area contributed by atoms with Crippen molar-refractivity contribution in [3.05, 3.63) is 54.6 Å². The van der Waals surface area contributed by atoms with Crippen molar-refractivity contribution in [1.82, 2.24) is 14.5 Å². The molecule has 5 nitrogen and oxygen atoms in total. The molecule has 2 heterocycles. The normalized spacial score (nSPS) is 15.0. The van der Waals surface area contributed by atoms with Gasteiger partial charge >= 0.3 is 0 Å². The van der Waals surface area contributed by atoms with E-state index in [1.54, 1.807) is 11.8 Å². The zero-order valence-corrected chi connectivity index (χ0v) is 17.6. The van der Waals surface area contributed by atoms with E-state index in [1.807, 2.05) is 59.5 Å². The first-order valence-electron chi connectivity index (χ1n) is 10.2. The summed E-state index contributed by atoms with van der Waals surface area (Å²) in [4.78, 5) is 19.7. The highest BCUT2D eigenvalue weighted by Crippen LogP contribution is 2.25. The summed E-state index contributed by atoms with van der Waals surface area (Å²) in [6, 6.07) is 17.9. The Morgan fingerprint density at radius 2 is 1.83 bits per heavy atom. The molecule has 6 heteroatoms. The lowest BCUT2D eigenvalue weighted by molar-refractivity contribution is -0.133. The standard InChI is InChI=1S/C23H27N3O2S/c1-18-11-13-25(14-12-18)22(27)17-26-21-10-6-5-9-20(21)24-23(26)29-16-15-28-19-7-3-2-4-8-19/h2-10,18H,11-17H2,1H3. The van der Waals surface area contributed by atoms with Crippen molar-refractivity contribution in [3.63, 3.8) is 0 Å². The fourth-order valence-electron chi connectivity index (χ4n) is 3.62. The minimum atomic E-state index is 0.183. The number of likely N-dealkylation sites (tertiary alicyclic amines) is 1. The van der Waals surface area contributed by atoms with Gasteiger partial charge in [-0.1, -0.05) is 49.0 Å². The summed E-state index contributed by atoms with van der Waals surface area (Å²) in [7, 11) is 0. The number of benzene rings is 2. The van der Waals surface area contributed by atoms with Crippen LogP contribution in [-0.4, -0.2) is 45.8 Å². The van der Waals surface area contributed by atoms with Crippen molar-refractivity contribution in [3.8, 4) is 5.75 Å². The Hall–Kier alpha value is -2.47. The minimum absolute atomic E-state index is 0.183. The first kappa shape index (κ1) is 19.8. The molecular formula is C23H27N3O2S. The molecule has 1 fully saturated rings. The summed E-state index contributed by atoms with van der Waals surface area (Å²) in [6.45, 7) is 4.92. The topological polar surface area (TPSA) is 47.4 Å². The van der Waals surface area contributed by atoms with Gasteiger partial charge in [0.15, 0.2) is 5.16 Å². The molecule has 0 aliphatic carbocycles. The van der Waals surface area contributed by atoms with Crippen LogP contribution in [0.25, 0.3) is 11.0 Å². The lowest BCUT2D eigenvalue weighted by Gasteiger charge is -2.30. The zero-order valence-electron chi connectivity index (χ0n) is 16.8. The van der Waals surface area contributed by atoms with Gasteiger partial charge in [0, 0.05) is 18.8 Å². The number of hydrogen-bond donors (Lipinski definition) is 0. The Morgan fingerprint density at radius 3 is 2.62 bits per heavy atom. The van der Waals surface area contributed by atoms with Gasteiger partial charge in [0.05, 0.1) is 17.6 Å². The predicted molar refractivity (Wildman–Crippen MR) is 117 cm³/mol. The van der Waals surface area contributed by atoms with Gasteiger partial charge in [-0.15, -0.1) is 0 Å². The average Bonchev–Trinajstić information content (AvgIpc) is 3.10. The molecule has 29 heavy (non-hydrogen) atoms. The monoisotopic (exact) mass is 409 g/mol. The molecule has 0 spiro atoms. The Morgan fingerprint density at radius 1 is 1.10 bits per heavy atom. The first-order chi connectivity index (χ1) is 14.2. The number of para-hydroxylation sites is 3. The highest BCUT2D eigenvalue weighted by atomic mass is 32.2. The molecule has 0 bridgehead atoms. The molecule has 1 aromatic heterocycles. The summed E-state index contributed by atoms with van der Waals surface area (Å²) in [5.74, 6) is 2.54. The fourth-order valence-corrected chi connectivity index (χ4v) is 4.45. The molecule has 1 aliphatic heterocycles. The SMILES string of the molecule is CC1CCN(C(=O)Cn2c(SCCOc3ccccc3)nc3ccccc32)CC1. The number of aromatic nitrogens is 2. The maximum Gasteiger partial charge on any atom is 0.242 e. The third kappa shape index (κ3) is 4.93. The molecule has 0 unspecified atom stereocenters. The average molecular weight is 410 g/mol. The maximum atomic E-state index is 12.9. The fraction of sp³-hybridized carbons (Fsp3) is 0.391. The van der Waals surface area contributed by atoms with Gasteiger partial charge in [-0.2, -0.15) is 0 Å². The number of hydrogen-bond acceptors (Lipinski definition) is 4. The lowest BCUT2D eigenvalue weighted by Crippen LogP contribution is -2.39. The van der Waals surface area contributed by atoms with Crippen molar-refractivity contribution >= 4 is 28.7 Å². The summed E-state index contributed by atoms with van der Waals surface area (Å²) in [5, 5.41) is 0.876. The van der Waals surface area contributed by atoms with E-state index < -0.39 is 0 Å².